The molecule has 0 aliphatic rings. The first-order valence-electron chi connectivity index (χ1n) is 9.39. The van der Waals surface area contributed by atoms with E-state index in [1.807, 2.05) is 0 Å². The number of nitrogens with one attached hydrogen (secondary N) is 1. The summed E-state index contributed by atoms with van der Waals surface area (Å²) in [6, 6.07) is 4.51. The number of ether oxygens (including phenoxy) is 4. The molecule has 2 aromatic rings. The van der Waals surface area contributed by atoms with E-state index in [4.69, 9.17) is 18.9 Å². The number of anilines is 1. The molecule has 0 aliphatic heterocycles. The van der Waals surface area contributed by atoms with Crippen molar-refractivity contribution in [1.29, 1.82) is 0 Å². The summed E-state index contributed by atoms with van der Waals surface area (Å²) in [5.41, 5.74) is 0.855. The maximum absolute atomic E-state index is 12.5. The highest BCUT2D eigenvalue weighted by atomic mass is 32.1. The van der Waals surface area contributed by atoms with Crippen molar-refractivity contribution >= 4 is 40.5 Å². The average Bonchev–Trinajstić information content (AvgIpc) is 3.08. The lowest BCUT2D eigenvalue weighted by molar-refractivity contribution is -0.118. The maximum atomic E-state index is 12.5. The largest absolute Gasteiger partial charge is 0.493 e. The zero-order valence-electron chi connectivity index (χ0n) is 17.6. The van der Waals surface area contributed by atoms with Crippen molar-refractivity contribution in [2.75, 3.05) is 32.2 Å². The standard InChI is InChI=1S/C21H23NO8S/c1-5-28-20(25)17-12(3)18(21(26)29-6-2)31-19(17)22-16(24)11-30-14-8-7-13(10-23)9-15(14)27-4/h7-10H,5-6,11H2,1-4H3,(H,22,24). The van der Waals surface area contributed by atoms with Crippen molar-refractivity contribution in [1.82, 2.24) is 0 Å². The van der Waals surface area contributed by atoms with Gasteiger partial charge in [0, 0.05) is 5.56 Å². The van der Waals surface area contributed by atoms with Crippen LogP contribution in [0.25, 0.3) is 0 Å². The molecule has 0 bridgehead atoms. The van der Waals surface area contributed by atoms with E-state index in [1.165, 1.54) is 25.3 Å². The van der Waals surface area contributed by atoms with Crippen molar-refractivity contribution in [3.8, 4) is 11.5 Å². The highest BCUT2D eigenvalue weighted by Gasteiger charge is 2.27. The summed E-state index contributed by atoms with van der Waals surface area (Å²) < 4.78 is 20.7. The monoisotopic (exact) mass is 449 g/mol. The third-order valence-corrected chi connectivity index (χ3v) is 5.21. The Morgan fingerprint density at radius 3 is 2.35 bits per heavy atom. The lowest BCUT2D eigenvalue weighted by Crippen LogP contribution is -2.21. The Balaban J connectivity index is 2.21. The molecule has 0 spiro atoms. The van der Waals surface area contributed by atoms with Crippen LogP contribution in [0, 0.1) is 6.92 Å². The molecule has 0 saturated heterocycles. The van der Waals surface area contributed by atoms with E-state index < -0.39 is 24.5 Å². The molecular formula is C21H23NO8S. The molecule has 1 N–H and O–H groups in total. The van der Waals surface area contributed by atoms with E-state index in [2.05, 4.69) is 5.32 Å². The Morgan fingerprint density at radius 1 is 1.06 bits per heavy atom. The Bertz CT molecular complexity index is 982. The molecule has 10 heteroatoms. The van der Waals surface area contributed by atoms with Gasteiger partial charge in [-0.25, -0.2) is 9.59 Å². The van der Waals surface area contributed by atoms with Crippen LogP contribution in [0.3, 0.4) is 0 Å². The number of thiophene rings is 1. The summed E-state index contributed by atoms with van der Waals surface area (Å²) in [4.78, 5) is 48.1. The van der Waals surface area contributed by atoms with Gasteiger partial charge in [-0.3, -0.25) is 9.59 Å². The Labute approximate surface area is 183 Å². The molecule has 2 rings (SSSR count). The Hall–Kier alpha value is -3.40. The number of aldehydes is 1. The number of carbonyl (C=O) groups excluding carboxylic acids is 4. The summed E-state index contributed by atoms with van der Waals surface area (Å²) in [5, 5.41) is 2.75. The van der Waals surface area contributed by atoms with E-state index in [0.29, 0.717) is 23.2 Å². The topological polar surface area (TPSA) is 117 Å². The van der Waals surface area contributed by atoms with Gasteiger partial charge in [0.25, 0.3) is 5.91 Å². The van der Waals surface area contributed by atoms with Crippen LogP contribution >= 0.6 is 11.3 Å². The predicted molar refractivity (Wildman–Crippen MR) is 113 cm³/mol. The van der Waals surface area contributed by atoms with Crippen LogP contribution in [0.15, 0.2) is 18.2 Å². The fourth-order valence-corrected chi connectivity index (χ4v) is 3.73. The van der Waals surface area contributed by atoms with E-state index in [0.717, 1.165) is 11.3 Å². The average molecular weight is 449 g/mol. The molecule has 0 atom stereocenters. The number of carbonyl (C=O) groups is 4. The van der Waals surface area contributed by atoms with Crippen LogP contribution in [0.2, 0.25) is 0 Å². The van der Waals surface area contributed by atoms with Gasteiger partial charge in [0.2, 0.25) is 0 Å². The van der Waals surface area contributed by atoms with Crippen LogP contribution in [0.5, 0.6) is 11.5 Å². The summed E-state index contributed by atoms with van der Waals surface area (Å²) in [5.74, 6) is -1.25. The van der Waals surface area contributed by atoms with Crippen LogP contribution in [-0.2, 0) is 14.3 Å². The van der Waals surface area contributed by atoms with Crippen molar-refractivity contribution in [3.05, 3.63) is 39.8 Å². The molecule has 1 aromatic carbocycles. The van der Waals surface area contributed by atoms with E-state index >= 15 is 0 Å². The Kier molecular flexibility index (Phi) is 8.56. The first-order chi connectivity index (χ1) is 14.9. The van der Waals surface area contributed by atoms with Crippen LogP contribution in [0.4, 0.5) is 5.00 Å². The third-order valence-electron chi connectivity index (χ3n) is 4.02. The van der Waals surface area contributed by atoms with Gasteiger partial charge in [-0.1, -0.05) is 0 Å². The highest BCUT2D eigenvalue weighted by Crippen LogP contribution is 2.34. The van der Waals surface area contributed by atoms with Crippen LogP contribution < -0.4 is 14.8 Å². The molecule has 0 radical (unpaired) electrons. The summed E-state index contributed by atoms with van der Waals surface area (Å²) in [6.07, 6.45) is 0.663. The molecule has 9 nitrogen and oxygen atoms in total. The second-order valence-electron chi connectivity index (χ2n) is 6.07. The van der Waals surface area contributed by atoms with Crippen molar-refractivity contribution < 1.29 is 38.1 Å². The van der Waals surface area contributed by atoms with Crippen molar-refractivity contribution in [3.63, 3.8) is 0 Å². The molecule has 0 aliphatic carbocycles. The number of esters is 2. The number of methoxy groups -OCH3 is 1. The summed E-state index contributed by atoms with van der Waals surface area (Å²) in [6.45, 7) is 4.82. The van der Waals surface area contributed by atoms with Gasteiger partial charge in [-0.2, -0.15) is 0 Å². The van der Waals surface area contributed by atoms with Crippen molar-refractivity contribution in [2.24, 2.45) is 0 Å². The van der Waals surface area contributed by atoms with Gasteiger partial charge >= 0.3 is 11.9 Å². The maximum Gasteiger partial charge on any atom is 0.348 e. The number of amides is 1. The summed E-state index contributed by atoms with van der Waals surface area (Å²) >= 11 is 0.925. The van der Waals surface area contributed by atoms with Gasteiger partial charge in [-0.05, 0) is 44.5 Å². The molecule has 0 fully saturated rings. The lowest BCUT2D eigenvalue weighted by atomic mass is 10.1. The SMILES string of the molecule is CCOC(=O)c1sc(NC(=O)COc2ccc(C=O)cc2OC)c(C(=O)OCC)c1C. The second-order valence-corrected chi connectivity index (χ2v) is 7.09. The molecule has 0 unspecified atom stereocenters. The zero-order chi connectivity index (χ0) is 23.0. The first-order valence-corrected chi connectivity index (χ1v) is 10.2. The number of hydrogen-bond acceptors (Lipinski definition) is 9. The number of benzene rings is 1. The van der Waals surface area contributed by atoms with Gasteiger partial charge in [-0.15, -0.1) is 11.3 Å². The molecule has 166 valence electrons. The van der Waals surface area contributed by atoms with Gasteiger partial charge in [0.15, 0.2) is 18.1 Å². The first kappa shape index (κ1) is 23.9. The predicted octanol–water partition coefficient (Wildman–Crippen LogP) is 3.25. The Morgan fingerprint density at radius 2 is 1.74 bits per heavy atom. The quantitative estimate of drug-likeness (QED) is 0.434. The third kappa shape index (κ3) is 5.82. The minimum absolute atomic E-state index is 0.0937. The van der Waals surface area contributed by atoms with E-state index in [9.17, 15) is 19.2 Å². The molecule has 0 saturated carbocycles. The normalized spacial score (nSPS) is 10.2. The fourth-order valence-electron chi connectivity index (χ4n) is 2.62. The second kappa shape index (κ2) is 11.1. The number of rotatable bonds is 10. The van der Waals surface area contributed by atoms with Crippen molar-refractivity contribution in [2.45, 2.75) is 20.8 Å². The molecule has 31 heavy (non-hydrogen) atoms. The van der Waals surface area contributed by atoms with Gasteiger partial charge in [0.1, 0.15) is 16.2 Å². The van der Waals surface area contributed by atoms with Gasteiger partial charge in [0.05, 0.1) is 25.9 Å². The molecular weight excluding hydrogens is 426 g/mol. The fraction of sp³-hybridized carbons (Fsp3) is 0.333. The van der Waals surface area contributed by atoms with Crippen LogP contribution in [0.1, 0.15) is 49.8 Å². The minimum Gasteiger partial charge on any atom is -0.493 e. The minimum atomic E-state index is -0.658. The summed E-state index contributed by atoms with van der Waals surface area (Å²) in [7, 11) is 1.41. The van der Waals surface area contributed by atoms with E-state index in [-0.39, 0.29) is 34.4 Å². The van der Waals surface area contributed by atoms with Gasteiger partial charge < -0.3 is 24.3 Å². The van der Waals surface area contributed by atoms with E-state index in [1.54, 1.807) is 20.8 Å². The molecule has 1 amide bonds. The molecule has 1 heterocycles. The zero-order valence-corrected chi connectivity index (χ0v) is 18.4. The highest BCUT2D eigenvalue weighted by molar-refractivity contribution is 7.18. The smallest absolute Gasteiger partial charge is 0.348 e. The molecule has 1 aromatic heterocycles. The number of hydrogen-bond donors (Lipinski definition) is 1. The van der Waals surface area contributed by atoms with Crippen LogP contribution in [-0.4, -0.2) is 51.1 Å². The lowest BCUT2D eigenvalue weighted by Gasteiger charge is -2.11.